The summed E-state index contributed by atoms with van der Waals surface area (Å²) in [4.78, 5) is 11.7. The predicted molar refractivity (Wildman–Crippen MR) is 76.1 cm³/mol. The van der Waals surface area contributed by atoms with E-state index in [-0.39, 0.29) is 16.6 Å². The quantitative estimate of drug-likeness (QED) is 0.790. The Bertz CT molecular complexity index is 649. The molecule has 0 unspecified atom stereocenters. The maximum atomic E-state index is 11.7. The molecule has 1 heterocycles. The summed E-state index contributed by atoms with van der Waals surface area (Å²) >= 11 is 5.74. The molecule has 1 aromatic heterocycles. The summed E-state index contributed by atoms with van der Waals surface area (Å²) in [7, 11) is 1.26. The third-order valence-corrected chi connectivity index (χ3v) is 2.68. The fourth-order valence-electron chi connectivity index (χ4n) is 1.60. The van der Waals surface area contributed by atoms with Crippen LogP contribution in [0.25, 0.3) is 0 Å². The smallest absolute Gasteiger partial charge is 0.343 e. The van der Waals surface area contributed by atoms with Crippen LogP contribution in [0.4, 0.5) is 0 Å². The van der Waals surface area contributed by atoms with Crippen molar-refractivity contribution in [1.29, 1.82) is 0 Å². The lowest BCUT2D eigenvalue weighted by Crippen LogP contribution is -2.07. The molecule has 110 valence electrons. The number of hydrogen-bond donors (Lipinski definition) is 0. The predicted octanol–water partition coefficient (Wildman–Crippen LogP) is 3.11. The molecule has 6 nitrogen and oxygen atoms in total. The number of benzene rings is 1. The molecule has 0 aliphatic rings. The Hall–Kier alpha value is -2.34. The van der Waals surface area contributed by atoms with Crippen LogP contribution in [0.5, 0.6) is 17.4 Å². The first-order valence-electron chi connectivity index (χ1n) is 6.17. The Labute approximate surface area is 126 Å². The van der Waals surface area contributed by atoms with Crippen LogP contribution < -0.4 is 9.47 Å². The van der Waals surface area contributed by atoms with Gasteiger partial charge in [-0.1, -0.05) is 23.7 Å². The van der Waals surface area contributed by atoms with Crippen molar-refractivity contribution in [3.05, 3.63) is 41.0 Å². The highest BCUT2D eigenvalue weighted by Crippen LogP contribution is 2.32. The Morgan fingerprint density at radius 2 is 1.95 bits per heavy atom. The minimum absolute atomic E-state index is 0.00148. The Morgan fingerprint density at radius 3 is 2.62 bits per heavy atom. The van der Waals surface area contributed by atoms with Gasteiger partial charge in [-0.05, 0) is 25.1 Å². The lowest BCUT2D eigenvalue weighted by molar-refractivity contribution is 0.0596. The van der Waals surface area contributed by atoms with E-state index in [2.05, 4.69) is 14.9 Å². The first-order valence-corrected chi connectivity index (χ1v) is 6.54. The third-order valence-electron chi connectivity index (χ3n) is 2.49. The fourth-order valence-corrected chi connectivity index (χ4v) is 1.75. The van der Waals surface area contributed by atoms with E-state index in [1.807, 2.05) is 13.0 Å². The second kappa shape index (κ2) is 6.90. The van der Waals surface area contributed by atoms with Gasteiger partial charge in [-0.25, -0.2) is 4.79 Å². The molecule has 0 saturated heterocycles. The van der Waals surface area contributed by atoms with E-state index in [0.717, 1.165) is 0 Å². The number of esters is 1. The van der Waals surface area contributed by atoms with E-state index >= 15 is 0 Å². The molecule has 0 atom stereocenters. The number of ether oxygens (including phenoxy) is 3. The van der Waals surface area contributed by atoms with Gasteiger partial charge in [-0.2, -0.15) is 0 Å². The number of aromatic nitrogens is 2. The molecule has 0 spiro atoms. The summed E-state index contributed by atoms with van der Waals surface area (Å²) in [6.45, 7) is 2.34. The highest BCUT2D eigenvalue weighted by Gasteiger charge is 2.18. The van der Waals surface area contributed by atoms with Crippen LogP contribution in [-0.2, 0) is 4.74 Å². The number of rotatable bonds is 5. The van der Waals surface area contributed by atoms with Crippen molar-refractivity contribution in [2.75, 3.05) is 13.7 Å². The summed E-state index contributed by atoms with van der Waals surface area (Å²) in [5, 5.41) is 7.52. The molecule has 21 heavy (non-hydrogen) atoms. The standard InChI is InChI=1S/C14H13ClN2O4/c1-3-20-10-6-4-5-7-11(10)21-13-9(14(18)19-2)8-12(15)16-17-13/h4-8H,3H2,1-2H3. The van der Waals surface area contributed by atoms with Crippen LogP contribution in [0.3, 0.4) is 0 Å². The van der Waals surface area contributed by atoms with Gasteiger partial charge in [0.1, 0.15) is 5.56 Å². The average molecular weight is 309 g/mol. The second-order valence-corrected chi connectivity index (χ2v) is 4.25. The largest absolute Gasteiger partial charge is 0.490 e. The number of para-hydroxylation sites is 2. The number of carbonyl (C=O) groups is 1. The Balaban J connectivity index is 2.38. The van der Waals surface area contributed by atoms with Crippen molar-refractivity contribution in [3.63, 3.8) is 0 Å². The van der Waals surface area contributed by atoms with Crippen LogP contribution in [0.2, 0.25) is 5.15 Å². The number of halogens is 1. The van der Waals surface area contributed by atoms with Crippen LogP contribution >= 0.6 is 11.6 Å². The normalized spacial score (nSPS) is 10.0. The second-order valence-electron chi connectivity index (χ2n) is 3.86. The van der Waals surface area contributed by atoms with E-state index in [0.29, 0.717) is 18.1 Å². The van der Waals surface area contributed by atoms with E-state index in [9.17, 15) is 4.79 Å². The van der Waals surface area contributed by atoms with Gasteiger partial charge >= 0.3 is 5.97 Å². The van der Waals surface area contributed by atoms with Crippen molar-refractivity contribution < 1.29 is 19.0 Å². The van der Waals surface area contributed by atoms with Crippen LogP contribution in [0.15, 0.2) is 30.3 Å². The Morgan fingerprint density at radius 1 is 1.24 bits per heavy atom. The molecule has 2 aromatic rings. The van der Waals surface area contributed by atoms with Gasteiger partial charge < -0.3 is 14.2 Å². The SMILES string of the molecule is CCOc1ccccc1Oc1nnc(Cl)cc1C(=O)OC. The first-order chi connectivity index (χ1) is 10.2. The first kappa shape index (κ1) is 15.1. The summed E-state index contributed by atoms with van der Waals surface area (Å²) in [5.74, 6) is 0.336. The van der Waals surface area contributed by atoms with Gasteiger partial charge in [0, 0.05) is 0 Å². The van der Waals surface area contributed by atoms with Crippen molar-refractivity contribution in [1.82, 2.24) is 10.2 Å². The van der Waals surface area contributed by atoms with E-state index in [4.69, 9.17) is 21.1 Å². The van der Waals surface area contributed by atoms with Crippen LogP contribution in [0.1, 0.15) is 17.3 Å². The number of carbonyl (C=O) groups excluding carboxylic acids is 1. The maximum Gasteiger partial charge on any atom is 0.343 e. The van der Waals surface area contributed by atoms with Crippen molar-refractivity contribution in [2.45, 2.75) is 6.92 Å². The van der Waals surface area contributed by atoms with Crippen molar-refractivity contribution in [2.24, 2.45) is 0 Å². The monoisotopic (exact) mass is 308 g/mol. The molecule has 0 saturated carbocycles. The molecule has 0 N–H and O–H groups in total. The van der Waals surface area contributed by atoms with Gasteiger partial charge in [0.15, 0.2) is 16.7 Å². The molecule has 0 fully saturated rings. The summed E-state index contributed by atoms with van der Waals surface area (Å²) in [6, 6.07) is 8.37. The Kier molecular flexibility index (Phi) is 4.94. The lowest BCUT2D eigenvalue weighted by Gasteiger charge is -2.12. The summed E-state index contributed by atoms with van der Waals surface area (Å²) < 4.78 is 15.7. The minimum atomic E-state index is -0.615. The number of methoxy groups -OCH3 is 1. The number of nitrogens with zero attached hydrogens (tertiary/aromatic N) is 2. The molecule has 0 radical (unpaired) electrons. The van der Waals surface area contributed by atoms with Gasteiger partial charge in [0.25, 0.3) is 5.88 Å². The molecule has 0 aliphatic carbocycles. The zero-order valence-corrected chi connectivity index (χ0v) is 12.3. The molecular formula is C14H13ClN2O4. The zero-order chi connectivity index (χ0) is 15.2. The van der Waals surface area contributed by atoms with Crippen molar-refractivity contribution >= 4 is 17.6 Å². The molecule has 0 aliphatic heterocycles. The molecular weight excluding hydrogens is 296 g/mol. The summed E-state index contributed by atoms with van der Waals surface area (Å²) in [5.41, 5.74) is 0.0869. The molecule has 7 heteroatoms. The van der Waals surface area contributed by atoms with E-state index < -0.39 is 5.97 Å². The summed E-state index contributed by atoms with van der Waals surface area (Å²) in [6.07, 6.45) is 0. The van der Waals surface area contributed by atoms with Gasteiger partial charge in [-0.15, -0.1) is 10.2 Å². The molecule has 0 amide bonds. The molecule has 1 aromatic carbocycles. The zero-order valence-electron chi connectivity index (χ0n) is 11.5. The van der Waals surface area contributed by atoms with Gasteiger partial charge in [-0.3, -0.25) is 0 Å². The van der Waals surface area contributed by atoms with Gasteiger partial charge in [0.2, 0.25) is 0 Å². The van der Waals surface area contributed by atoms with Crippen LogP contribution in [0, 0.1) is 0 Å². The van der Waals surface area contributed by atoms with Gasteiger partial charge in [0.05, 0.1) is 13.7 Å². The average Bonchev–Trinajstić information content (AvgIpc) is 2.50. The minimum Gasteiger partial charge on any atom is -0.490 e. The molecule has 0 bridgehead atoms. The van der Waals surface area contributed by atoms with E-state index in [1.165, 1.54) is 13.2 Å². The third kappa shape index (κ3) is 3.61. The highest BCUT2D eigenvalue weighted by molar-refractivity contribution is 6.29. The number of hydrogen-bond acceptors (Lipinski definition) is 6. The lowest BCUT2D eigenvalue weighted by atomic mass is 10.3. The maximum absolute atomic E-state index is 11.7. The highest BCUT2D eigenvalue weighted by atomic mass is 35.5. The fraction of sp³-hybridized carbons (Fsp3) is 0.214. The van der Waals surface area contributed by atoms with Crippen molar-refractivity contribution in [3.8, 4) is 17.4 Å². The van der Waals surface area contributed by atoms with Crippen LogP contribution in [-0.4, -0.2) is 29.9 Å². The topological polar surface area (TPSA) is 70.5 Å². The van der Waals surface area contributed by atoms with E-state index in [1.54, 1.807) is 18.2 Å². The molecule has 2 rings (SSSR count).